The molecule has 1 aromatic heterocycles. The lowest BCUT2D eigenvalue weighted by Gasteiger charge is -2.13. The summed E-state index contributed by atoms with van der Waals surface area (Å²) in [6, 6.07) is 10.7. The predicted octanol–water partition coefficient (Wildman–Crippen LogP) is 3.90. The van der Waals surface area contributed by atoms with Gasteiger partial charge in [-0.15, -0.1) is 11.3 Å². The van der Waals surface area contributed by atoms with Crippen molar-refractivity contribution < 1.29 is 14.3 Å². The van der Waals surface area contributed by atoms with Crippen molar-refractivity contribution in [3.63, 3.8) is 0 Å². The topological polar surface area (TPSA) is 55.4 Å². The summed E-state index contributed by atoms with van der Waals surface area (Å²) in [7, 11) is 0. The molecule has 1 aromatic carbocycles. The third kappa shape index (κ3) is 5.16. The van der Waals surface area contributed by atoms with Crippen LogP contribution in [0.5, 0.6) is 0 Å². The molecule has 116 valence electrons. The van der Waals surface area contributed by atoms with Crippen LogP contribution in [0.4, 0.5) is 5.69 Å². The van der Waals surface area contributed by atoms with Crippen LogP contribution in [0.15, 0.2) is 41.8 Å². The summed E-state index contributed by atoms with van der Waals surface area (Å²) < 4.78 is 5.13. The maximum atomic E-state index is 12.0. The molecule has 0 bridgehead atoms. The van der Waals surface area contributed by atoms with E-state index in [1.807, 2.05) is 17.5 Å². The summed E-state index contributed by atoms with van der Waals surface area (Å²) in [5, 5.41) is 5.15. The maximum Gasteiger partial charge on any atom is 0.306 e. The average molecular weight is 338 g/mol. The standard InChI is InChI=1S/C16H16ClNO3S/c1-11(16(20)18-13-5-2-4-12(17)10-13)21-15(19)8-7-14-6-3-9-22-14/h2-6,9-11H,7-8H2,1H3,(H,18,20)/t11-/m0/s1. The van der Waals surface area contributed by atoms with E-state index >= 15 is 0 Å². The van der Waals surface area contributed by atoms with Gasteiger partial charge in [-0.1, -0.05) is 23.7 Å². The van der Waals surface area contributed by atoms with Gasteiger partial charge in [0, 0.05) is 15.6 Å². The molecule has 1 amide bonds. The predicted molar refractivity (Wildman–Crippen MR) is 88.3 cm³/mol. The zero-order valence-corrected chi connectivity index (χ0v) is 13.6. The average Bonchev–Trinajstić information content (AvgIpc) is 2.98. The van der Waals surface area contributed by atoms with E-state index in [2.05, 4.69) is 5.32 Å². The number of carbonyl (C=O) groups is 2. The van der Waals surface area contributed by atoms with Gasteiger partial charge in [0.05, 0.1) is 6.42 Å². The molecule has 1 heterocycles. The number of thiophene rings is 1. The van der Waals surface area contributed by atoms with Crippen LogP contribution in [0.1, 0.15) is 18.2 Å². The lowest BCUT2D eigenvalue weighted by Crippen LogP contribution is -2.30. The third-order valence-electron chi connectivity index (χ3n) is 2.93. The van der Waals surface area contributed by atoms with E-state index in [0.717, 1.165) is 4.88 Å². The molecule has 0 aliphatic rings. The molecule has 1 N–H and O–H groups in total. The molecule has 2 rings (SSSR count). The van der Waals surface area contributed by atoms with Gasteiger partial charge in [-0.3, -0.25) is 9.59 Å². The van der Waals surface area contributed by atoms with Gasteiger partial charge in [0.15, 0.2) is 6.10 Å². The lowest BCUT2D eigenvalue weighted by atomic mass is 10.2. The number of aryl methyl sites for hydroxylation is 1. The molecular weight excluding hydrogens is 322 g/mol. The lowest BCUT2D eigenvalue weighted by molar-refractivity contribution is -0.153. The summed E-state index contributed by atoms with van der Waals surface area (Å²) in [5.74, 6) is -0.770. The van der Waals surface area contributed by atoms with Crippen LogP contribution in [0, 0.1) is 0 Å². The Morgan fingerprint density at radius 1 is 1.32 bits per heavy atom. The first kappa shape index (κ1) is 16.5. The Morgan fingerprint density at radius 3 is 2.82 bits per heavy atom. The molecule has 0 aliphatic carbocycles. The highest BCUT2D eigenvalue weighted by atomic mass is 35.5. The molecule has 22 heavy (non-hydrogen) atoms. The Labute approximate surface area is 138 Å². The Hall–Kier alpha value is -1.85. The molecule has 0 saturated carbocycles. The van der Waals surface area contributed by atoms with Crippen molar-refractivity contribution >= 4 is 40.5 Å². The molecule has 0 unspecified atom stereocenters. The van der Waals surface area contributed by atoms with Crippen molar-refractivity contribution in [2.24, 2.45) is 0 Å². The smallest absolute Gasteiger partial charge is 0.306 e. The first-order valence-corrected chi connectivity index (χ1v) is 8.08. The van der Waals surface area contributed by atoms with Crippen LogP contribution in [0.2, 0.25) is 5.02 Å². The zero-order chi connectivity index (χ0) is 15.9. The van der Waals surface area contributed by atoms with E-state index in [-0.39, 0.29) is 18.3 Å². The van der Waals surface area contributed by atoms with E-state index in [1.165, 1.54) is 0 Å². The number of nitrogens with one attached hydrogen (secondary N) is 1. The van der Waals surface area contributed by atoms with Crippen LogP contribution >= 0.6 is 22.9 Å². The van der Waals surface area contributed by atoms with Crippen LogP contribution in [0.25, 0.3) is 0 Å². The van der Waals surface area contributed by atoms with Crippen molar-refractivity contribution in [1.29, 1.82) is 0 Å². The Bertz CT molecular complexity index is 643. The normalized spacial score (nSPS) is 11.7. The summed E-state index contributed by atoms with van der Waals surface area (Å²) in [6.07, 6.45) is 0.0313. The monoisotopic (exact) mass is 337 g/mol. The fourth-order valence-corrected chi connectivity index (χ4v) is 2.70. The van der Waals surface area contributed by atoms with Gasteiger partial charge in [-0.25, -0.2) is 0 Å². The van der Waals surface area contributed by atoms with Gasteiger partial charge in [-0.2, -0.15) is 0 Å². The number of ether oxygens (including phenoxy) is 1. The summed E-state index contributed by atoms with van der Waals surface area (Å²) in [4.78, 5) is 24.8. The number of hydrogen-bond donors (Lipinski definition) is 1. The minimum atomic E-state index is -0.852. The van der Waals surface area contributed by atoms with E-state index in [9.17, 15) is 9.59 Å². The Balaban J connectivity index is 1.79. The molecule has 1 atom stereocenters. The van der Waals surface area contributed by atoms with Crippen molar-refractivity contribution in [2.45, 2.75) is 25.9 Å². The number of amides is 1. The van der Waals surface area contributed by atoms with Gasteiger partial charge in [0.2, 0.25) is 0 Å². The molecule has 0 saturated heterocycles. The van der Waals surface area contributed by atoms with Crippen LogP contribution < -0.4 is 5.32 Å². The van der Waals surface area contributed by atoms with E-state index in [4.69, 9.17) is 16.3 Å². The number of rotatable bonds is 6. The molecule has 0 spiro atoms. The van der Waals surface area contributed by atoms with Crippen molar-refractivity contribution in [3.05, 3.63) is 51.7 Å². The minimum Gasteiger partial charge on any atom is -0.453 e. The highest BCUT2D eigenvalue weighted by Gasteiger charge is 2.18. The van der Waals surface area contributed by atoms with Crippen molar-refractivity contribution in [1.82, 2.24) is 0 Å². The summed E-state index contributed by atoms with van der Waals surface area (Å²) >= 11 is 7.44. The number of esters is 1. The van der Waals surface area contributed by atoms with Crippen molar-refractivity contribution in [2.75, 3.05) is 5.32 Å². The highest BCUT2D eigenvalue weighted by Crippen LogP contribution is 2.15. The van der Waals surface area contributed by atoms with Crippen LogP contribution in [-0.4, -0.2) is 18.0 Å². The summed E-state index contributed by atoms with van der Waals surface area (Å²) in [5.41, 5.74) is 0.569. The molecule has 4 nitrogen and oxygen atoms in total. The first-order chi connectivity index (χ1) is 10.5. The van der Waals surface area contributed by atoms with Gasteiger partial charge in [0.1, 0.15) is 0 Å². The molecule has 2 aromatic rings. The van der Waals surface area contributed by atoms with Gasteiger partial charge >= 0.3 is 5.97 Å². The highest BCUT2D eigenvalue weighted by molar-refractivity contribution is 7.09. The zero-order valence-electron chi connectivity index (χ0n) is 12.0. The second-order valence-corrected chi connectivity index (χ2v) is 6.18. The number of benzene rings is 1. The first-order valence-electron chi connectivity index (χ1n) is 6.83. The summed E-state index contributed by atoms with van der Waals surface area (Å²) in [6.45, 7) is 1.54. The number of hydrogen-bond acceptors (Lipinski definition) is 4. The largest absolute Gasteiger partial charge is 0.453 e. The second kappa shape index (κ2) is 7.96. The van der Waals surface area contributed by atoms with E-state index in [1.54, 1.807) is 42.5 Å². The van der Waals surface area contributed by atoms with E-state index < -0.39 is 6.10 Å². The molecule has 0 radical (unpaired) electrons. The quantitative estimate of drug-likeness (QED) is 0.813. The molecule has 6 heteroatoms. The minimum absolute atomic E-state index is 0.259. The molecule has 0 aliphatic heterocycles. The number of carbonyl (C=O) groups excluding carboxylic acids is 2. The SMILES string of the molecule is C[C@H](OC(=O)CCc1cccs1)C(=O)Nc1cccc(Cl)c1. The number of anilines is 1. The fraction of sp³-hybridized carbons (Fsp3) is 0.250. The van der Waals surface area contributed by atoms with Crippen LogP contribution in [-0.2, 0) is 20.7 Å². The van der Waals surface area contributed by atoms with Gasteiger partial charge in [-0.05, 0) is 43.0 Å². The Kier molecular flexibility index (Phi) is 5.98. The Morgan fingerprint density at radius 2 is 2.14 bits per heavy atom. The molecular formula is C16H16ClNO3S. The van der Waals surface area contributed by atoms with Crippen molar-refractivity contribution in [3.8, 4) is 0 Å². The third-order valence-corrected chi connectivity index (χ3v) is 4.10. The van der Waals surface area contributed by atoms with Gasteiger partial charge in [0.25, 0.3) is 5.91 Å². The maximum absolute atomic E-state index is 12.0. The number of halogens is 1. The second-order valence-electron chi connectivity index (χ2n) is 4.71. The fourth-order valence-electron chi connectivity index (χ4n) is 1.80. The van der Waals surface area contributed by atoms with E-state index in [0.29, 0.717) is 17.1 Å². The van der Waals surface area contributed by atoms with Crippen LogP contribution in [0.3, 0.4) is 0 Å². The van der Waals surface area contributed by atoms with Gasteiger partial charge < -0.3 is 10.1 Å². The molecule has 0 fully saturated rings.